The maximum absolute atomic E-state index is 11.2. The fourth-order valence-electron chi connectivity index (χ4n) is 1.64. The van der Waals surface area contributed by atoms with Crippen molar-refractivity contribution in [1.82, 2.24) is 5.32 Å². The third-order valence-electron chi connectivity index (χ3n) is 2.21. The molecular formula is C11H23N2O+. The fraction of sp³-hybridized carbons (Fsp3) is 0.727. The van der Waals surface area contributed by atoms with Gasteiger partial charge in [-0.25, -0.2) is 0 Å². The Hall–Kier alpha value is -0.830. The molecule has 0 fully saturated rings. The average Bonchev–Trinajstić information content (AvgIpc) is 2.00. The number of carbonyl (C=O) groups excluding carboxylic acids is 1. The van der Waals surface area contributed by atoms with Crippen molar-refractivity contribution in [2.45, 2.75) is 25.8 Å². The van der Waals surface area contributed by atoms with Crippen LogP contribution in [0.25, 0.3) is 0 Å². The highest BCUT2D eigenvalue weighted by Gasteiger charge is 2.29. The Bertz CT molecular complexity index is 218. The van der Waals surface area contributed by atoms with Gasteiger partial charge in [-0.2, -0.15) is 0 Å². The molecule has 14 heavy (non-hydrogen) atoms. The molecule has 0 rings (SSSR count). The Kier molecular flexibility index (Phi) is 4.33. The van der Waals surface area contributed by atoms with Crippen molar-refractivity contribution in [3.8, 4) is 0 Å². The van der Waals surface area contributed by atoms with Gasteiger partial charge in [-0.05, 0) is 19.4 Å². The van der Waals surface area contributed by atoms with Crippen molar-refractivity contribution < 1.29 is 9.28 Å². The predicted molar refractivity (Wildman–Crippen MR) is 59.9 cm³/mol. The molecule has 1 unspecified atom stereocenters. The summed E-state index contributed by atoms with van der Waals surface area (Å²) >= 11 is 0. The summed E-state index contributed by atoms with van der Waals surface area (Å²) in [4.78, 5) is 11.2. The van der Waals surface area contributed by atoms with Crippen molar-refractivity contribution >= 4 is 5.91 Å². The van der Waals surface area contributed by atoms with Crippen molar-refractivity contribution in [1.29, 1.82) is 0 Å². The van der Waals surface area contributed by atoms with Crippen molar-refractivity contribution in [2.24, 2.45) is 0 Å². The Morgan fingerprint density at radius 3 is 2.29 bits per heavy atom. The van der Waals surface area contributed by atoms with Crippen LogP contribution in [0.2, 0.25) is 0 Å². The summed E-state index contributed by atoms with van der Waals surface area (Å²) < 4.78 is 0.835. The summed E-state index contributed by atoms with van der Waals surface area (Å²) in [6.45, 7) is 8.51. The van der Waals surface area contributed by atoms with Gasteiger partial charge in [0.2, 0.25) is 5.91 Å². The minimum atomic E-state index is -0.149. The Labute approximate surface area is 87.4 Å². The third kappa shape index (κ3) is 5.02. The zero-order valence-corrected chi connectivity index (χ0v) is 10.1. The quantitative estimate of drug-likeness (QED) is 0.522. The van der Waals surface area contributed by atoms with E-state index in [1.165, 1.54) is 6.08 Å². The lowest BCUT2D eigenvalue weighted by Crippen LogP contribution is -2.56. The fourth-order valence-corrected chi connectivity index (χ4v) is 1.64. The molecule has 1 N–H and O–H groups in total. The van der Waals surface area contributed by atoms with Gasteiger partial charge in [0, 0.05) is 0 Å². The van der Waals surface area contributed by atoms with Gasteiger partial charge in [-0.3, -0.25) is 4.79 Å². The first kappa shape index (κ1) is 13.2. The zero-order chi connectivity index (χ0) is 11.4. The molecule has 3 nitrogen and oxygen atoms in total. The number of likely N-dealkylation sites (N-methyl/N-ethyl adjacent to an activating group) is 1. The van der Waals surface area contributed by atoms with E-state index in [0.29, 0.717) is 0 Å². The maximum Gasteiger partial charge on any atom is 0.244 e. The van der Waals surface area contributed by atoms with E-state index in [2.05, 4.69) is 46.9 Å². The first-order valence-electron chi connectivity index (χ1n) is 4.97. The normalized spacial score (nSPS) is 15.8. The van der Waals surface area contributed by atoms with Crippen LogP contribution in [0.1, 0.15) is 20.3 Å². The topological polar surface area (TPSA) is 29.1 Å². The minimum absolute atomic E-state index is 0.0946. The van der Waals surface area contributed by atoms with Crippen LogP contribution in [-0.4, -0.2) is 43.6 Å². The van der Waals surface area contributed by atoms with Crippen LogP contribution in [0.3, 0.4) is 0 Å². The van der Waals surface area contributed by atoms with Crippen LogP contribution in [-0.2, 0) is 4.79 Å². The number of nitrogens with zero attached hydrogens (tertiary/aromatic N) is 1. The molecular weight excluding hydrogens is 176 g/mol. The van der Waals surface area contributed by atoms with Gasteiger partial charge in [-0.15, -0.1) is 0 Å². The van der Waals surface area contributed by atoms with E-state index in [4.69, 9.17) is 0 Å². The zero-order valence-electron chi connectivity index (χ0n) is 10.1. The van der Waals surface area contributed by atoms with Gasteiger partial charge in [0.05, 0.1) is 26.7 Å². The standard InChI is InChI=1S/C11H22N2O/c1-7-10(14)12-11(3,8-2)9-13(4,5)6/h7H,1,8-9H2,2-6H3/p+1. The summed E-state index contributed by atoms with van der Waals surface area (Å²) in [6.07, 6.45) is 2.24. The first-order valence-corrected chi connectivity index (χ1v) is 4.97. The highest BCUT2D eigenvalue weighted by atomic mass is 16.1. The third-order valence-corrected chi connectivity index (χ3v) is 2.21. The number of hydrogen-bond donors (Lipinski definition) is 1. The number of hydrogen-bond acceptors (Lipinski definition) is 1. The second-order valence-corrected chi connectivity index (χ2v) is 5.06. The van der Waals surface area contributed by atoms with E-state index in [1.54, 1.807) is 0 Å². The van der Waals surface area contributed by atoms with E-state index in [1.807, 2.05) is 0 Å². The number of quaternary nitrogens is 1. The summed E-state index contributed by atoms with van der Waals surface area (Å²) in [5.41, 5.74) is -0.149. The molecule has 0 aromatic heterocycles. The monoisotopic (exact) mass is 199 g/mol. The largest absolute Gasteiger partial charge is 0.342 e. The number of nitrogens with one attached hydrogen (secondary N) is 1. The van der Waals surface area contributed by atoms with Crippen molar-refractivity contribution in [2.75, 3.05) is 27.7 Å². The van der Waals surface area contributed by atoms with Crippen LogP contribution in [0.5, 0.6) is 0 Å². The molecule has 1 amide bonds. The van der Waals surface area contributed by atoms with Crippen LogP contribution in [0.4, 0.5) is 0 Å². The molecule has 0 saturated carbocycles. The summed E-state index contributed by atoms with van der Waals surface area (Å²) in [5, 5.41) is 2.98. The molecule has 1 atom stereocenters. The van der Waals surface area contributed by atoms with Crippen LogP contribution in [0, 0.1) is 0 Å². The van der Waals surface area contributed by atoms with E-state index in [9.17, 15) is 4.79 Å². The second kappa shape index (κ2) is 4.60. The summed E-state index contributed by atoms with van der Waals surface area (Å²) in [5.74, 6) is -0.0946. The number of amides is 1. The molecule has 0 aliphatic rings. The lowest BCUT2D eigenvalue weighted by atomic mass is 9.97. The van der Waals surface area contributed by atoms with Crippen molar-refractivity contribution in [3.05, 3.63) is 12.7 Å². The van der Waals surface area contributed by atoms with Crippen LogP contribution < -0.4 is 5.32 Å². The van der Waals surface area contributed by atoms with Crippen LogP contribution >= 0.6 is 0 Å². The van der Waals surface area contributed by atoms with Gasteiger partial charge < -0.3 is 9.80 Å². The molecule has 0 heterocycles. The summed E-state index contributed by atoms with van der Waals surface area (Å²) in [6, 6.07) is 0. The molecule has 0 radical (unpaired) electrons. The molecule has 0 saturated heterocycles. The first-order chi connectivity index (χ1) is 6.22. The summed E-state index contributed by atoms with van der Waals surface area (Å²) in [7, 11) is 6.36. The van der Waals surface area contributed by atoms with Crippen LogP contribution in [0.15, 0.2) is 12.7 Å². The van der Waals surface area contributed by atoms with E-state index in [-0.39, 0.29) is 11.4 Å². The molecule has 0 aliphatic heterocycles. The molecule has 0 aromatic rings. The lowest BCUT2D eigenvalue weighted by molar-refractivity contribution is -0.874. The minimum Gasteiger partial charge on any atom is -0.342 e. The molecule has 3 heteroatoms. The second-order valence-electron chi connectivity index (χ2n) is 5.06. The predicted octanol–water partition coefficient (Wildman–Crippen LogP) is 1.16. The lowest BCUT2D eigenvalue weighted by Gasteiger charge is -2.36. The highest BCUT2D eigenvalue weighted by molar-refractivity contribution is 5.87. The number of rotatable bonds is 5. The molecule has 0 aromatic carbocycles. The van der Waals surface area contributed by atoms with Gasteiger partial charge >= 0.3 is 0 Å². The van der Waals surface area contributed by atoms with Gasteiger partial charge in [-0.1, -0.05) is 13.5 Å². The van der Waals surface area contributed by atoms with E-state index >= 15 is 0 Å². The Morgan fingerprint density at radius 1 is 1.50 bits per heavy atom. The van der Waals surface area contributed by atoms with Gasteiger partial charge in [0.25, 0.3) is 0 Å². The number of carbonyl (C=O) groups is 1. The van der Waals surface area contributed by atoms with Crippen molar-refractivity contribution in [3.63, 3.8) is 0 Å². The van der Waals surface area contributed by atoms with E-state index in [0.717, 1.165) is 17.4 Å². The molecule has 82 valence electrons. The Morgan fingerprint density at radius 2 is 2.00 bits per heavy atom. The smallest absolute Gasteiger partial charge is 0.244 e. The van der Waals surface area contributed by atoms with Gasteiger partial charge in [0.15, 0.2) is 0 Å². The van der Waals surface area contributed by atoms with E-state index < -0.39 is 0 Å². The van der Waals surface area contributed by atoms with Gasteiger partial charge in [0.1, 0.15) is 6.54 Å². The molecule has 0 spiro atoms. The Balaban J connectivity index is 4.47. The maximum atomic E-state index is 11.2. The molecule has 0 bridgehead atoms. The SMILES string of the molecule is C=CC(=O)NC(C)(CC)C[N+](C)(C)C. The average molecular weight is 199 g/mol. The highest BCUT2D eigenvalue weighted by Crippen LogP contribution is 2.13. The molecule has 0 aliphatic carbocycles.